The second kappa shape index (κ2) is 5.74. The van der Waals surface area contributed by atoms with E-state index in [-0.39, 0.29) is 5.91 Å². The summed E-state index contributed by atoms with van der Waals surface area (Å²) in [5.41, 5.74) is 7.15. The fourth-order valence-corrected chi connectivity index (χ4v) is 3.53. The number of hydrogen-bond donors (Lipinski definition) is 2. The summed E-state index contributed by atoms with van der Waals surface area (Å²) in [6.45, 7) is 2.06. The molecule has 3 N–H and O–H groups in total. The van der Waals surface area contributed by atoms with Crippen LogP contribution in [0.4, 0.5) is 5.69 Å². The molecule has 108 valence electrons. The average molecular weight is 338 g/mol. The first kappa shape index (κ1) is 13.9. The van der Waals surface area contributed by atoms with Gasteiger partial charge in [-0.25, -0.2) is 0 Å². The normalized spacial score (nSPS) is 21.9. The van der Waals surface area contributed by atoms with Crippen molar-refractivity contribution >= 4 is 27.5 Å². The van der Waals surface area contributed by atoms with Gasteiger partial charge in [0.2, 0.25) is 0 Å². The van der Waals surface area contributed by atoms with Crippen molar-refractivity contribution in [3.8, 4) is 0 Å². The summed E-state index contributed by atoms with van der Waals surface area (Å²) in [5, 5.41) is 3.53. The predicted molar refractivity (Wildman–Crippen MR) is 84.1 cm³/mol. The third kappa shape index (κ3) is 2.83. The van der Waals surface area contributed by atoms with Gasteiger partial charge in [-0.15, -0.1) is 0 Å². The minimum Gasteiger partial charge on any atom is -0.366 e. The van der Waals surface area contributed by atoms with E-state index in [2.05, 4.69) is 26.1 Å². The third-order valence-electron chi connectivity index (χ3n) is 4.11. The lowest BCUT2D eigenvalue weighted by Gasteiger charge is -2.29. The number of rotatable bonds is 5. The SMILES string of the molecule is NC(=O)c1c(Br)cccc1N(CC1CCCN1)C1CC1. The molecule has 0 aromatic heterocycles. The number of nitrogens with two attached hydrogens (primary N) is 1. The molecule has 1 aromatic rings. The van der Waals surface area contributed by atoms with E-state index >= 15 is 0 Å². The average Bonchev–Trinajstić information content (AvgIpc) is 3.12. The van der Waals surface area contributed by atoms with Crippen LogP contribution in [-0.2, 0) is 0 Å². The molecule has 0 radical (unpaired) electrons. The molecule has 3 rings (SSSR count). The molecular weight excluding hydrogens is 318 g/mol. The van der Waals surface area contributed by atoms with Crippen LogP contribution in [0.25, 0.3) is 0 Å². The number of halogens is 1. The molecule has 0 spiro atoms. The summed E-state index contributed by atoms with van der Waals surface area (Å²) in [7, 11) is 0. The van der Waals surface area contributed by atoms with Gasteiger partial charge < -0.3 is 16.0 Å². The number of carbonyl (C=O) groups is 1. The van der Waals surface area contributed by atoms with Gasteiger partial charge in [0, 0.05) is 23.1 Å². The molecule has 1 aromatic carbocycles. The van der Waals surface area contributed by atoms with Crippen LogP contribution in [-0.4, -0.2) is 31.1 Å². The number of amides is 1. The van der Waals surface area contributed by atoms with Gasteiger partial charge in [0.1, 0.15) is 0 Å². The Morgan fingerprint density at radius 1 is 1.40 bits per heavy atom. The van der Waals surface area contributed by atoms with Gasteiger partial charge in [0.15, 0.2) is 0 Å². The molecule has 2 fully saturated rings. The number of benzene rings is 1. The van der Waals surface area contributed by atoms with Gasteiger partial charge in [-0.1, -0.05) is 6.07 Å². The summed E-state index contributed by atoms with van der Waals surface area (Å²) < 4.78 is 0.785. The van der Waals surface area contributed by atoms with Crippen molar-refractivity contribution in [3.63, 3.8) is 0 Å². The van der Waals surface area contributed by atoms with Crippen molar-refractivity contribution in [1.82, 2.24) is 5.32 Å². The van der Waals surface area contributed by atoms with Crippen LogP contribution in [0.2, 0.25) is 0 Å². The lowest BCUT2D eigenvalue weighted by Crippen LogP contribution is -2.40. The number of primary amides is 1. The van der Waals surface area contributed by atoms with Gasteiger partial charge in [0.05, 0.1) is 11.3 Å². The Morgan fingerprint density at radius 3 is 2.80 bits per heavy atom. The molecule has 1 saturated heterocycles. The van der Waals surface area contributed by atoms with E-state index in [1.54, 1.807) is 0 Å². The minimum atomic E-state index is -0.363. The van der Waals surface area contributed by atoms with E-state index in [1.165, 1.54) is 25.7 Å². The Kier molecular flexibility index (Phi) is 3.98. The highest BCUT2D eigenvalue weighted by molar-refractivity contribution is 9.10. The zero-order valence-electron chi connectivity index (χ0n) is 11.4. The fraction of sp³-hybridized carbons (Fsp3) is 0.533. The summed E-state index contributed by atoms with van der Waals surface area (Å²) in [6, 6.07) is 6.95. The first-order valence-electron chi connectivity index (χ1n) is 7.25. The number of anilines is 1. The van der Waals surface area contributed by atoms with Gasteiger partial charge in [0.25, 0.3) is 5.91 Å². The Labute approximate surface area is 127 Å². The lowest BCUT2D eigenvalue weighted by molar-refractivity contribution is 0.1000. The second-order valence-electron chi connectivity index (χ2n) is 5.68. The molecule has 1 aliphatic heterocycles. The van der Waals surface area contributed by atoms with Crippen LogP contribution in [0.1, 0.15) is 36.0 Å². The molecule has 1 heterocycles. The van der Waals surface area contributed by atoms with Crippen LogP contribution in [0.5, 0.6) is 0 Å². The number of hydrogen-bond acceptors (Lipinski definition) is 3. The molecule has 0 bridgehead atoms. The van der Waals surface area contributed by atoms with E-state index in [0.717, 1.165) is 23.2 Å². The van der Waals surface area contributed by atoms with Crippen molar-refractivity contribution in [2.24, 2.45) is 5.73 Å². The van der Waals surface area contributed by atoms with Gasteiger partial charge in [-0.2, -0.15) is 0 Å². The van der Waals surface area contributed by atoms with Crippen LogP contribution in [0, 0.1) is 0 Å². The van der Waals surface area contributed by atoms with E-state index < -0.39 is 0 Å². The van der Waals surface area contributed by atoms with Crippen molar-refractivity contribution in [1.29, 1.82) is 0 Å². The maximum absolute atomic E-state index is 11.8. The minimum absolute atomic E-state index is 0.363. The Morgan fingerprint density at radius 2 is 2.20 bits per heavy atom. The summed E-state index contributed by atoms with van der Waals surface area (Å²) in [5.74, 6) is -0.363. The highest BCUT2D eigenvalue weighted by Gasteiger charge is 2.33. The first-order chi connectivity index (χ1) is 9.66. The molecule has 1 unspecified atom stereocenters. The van der Waals surface area contributed by atoms with Gasteiger partial charge in [-0.05, 0) is 60.3 Å². The number of carbonyl (C=O) groups excluding carboxylic acids is 1. The summed E-state index contributed by atoms with van der Waals surface area (Å²) in [4.78, 5) is 14.1. The Balaban J connectivity index is 1.90. The van der Waals surface area contributed by atoms with Crippen molar-refractivity contribution in [2.45, 2.75) is 37.8 Å². The summed E-state index contributed by atoms with van der Waals surface area (Å²) in [6.07, 6.45) is 4.86. The third-order valence-corrected chi connectivity index (χ3v) is 4.78. The number of nitrogens with one attached hydrogen (secondary N) is 1. The van der Waals surface area contributed by atoms with Crippen LogP contribution in [0.15, 0.2) is 22.7 Å². The molecule has 1 saturated carbocycles. The summed E-state index contributed by atoms with van der Waals surface area (Å²) >= 11 is 3.46. The molecule has 1 amide bonds. The Hall–Kier alpha value is -1.07. The zero-order valence-corrected chi connectivity index (χ0v) is 13.0. The molecule has 5 heteroatoms. The number of nitrogens with zero attached hydrogens (tertiary/aromatic N) is 1. The van der Waals surface area contributed by atoms with E-state index in [4.69, 9.17) is 5.73 Å². The van der Waals surface area contributed by atoms with Crippen LogP contribution >= 0.6 is 15.9 Å². The van der Waals surface area contributed by atoms with Gasteiger partial charge in [-0.3, -0.25) is 4.79 Å². The smallest absolute Gasteiger partial charge is 0.251 e. The van der Waals surface area contributed by atoms with Gasteiger partial charge >= 0.3 is 0 Å². The quantitative estimate of drug-likeness (QED) is 0.866. The lowest BCUT2D eigenvalue weighted by atomic mass is 10.1. The van der Waals surface area contributed by atoms with Crippen LogP contribution < -0.4 is 16.0 Å². The van der Waals surface area contributed by atoms with Crippen LogP contribution in [0.3, 0.4) is 0 Å². The molecule has 1 atom stereocenters. The molecule has 4 nitrogen and oxygen atoms in total. The Bertz CT molecular complexity index is 510. The standard InChI is InChI=1S/C15H20BrN3O/c16-12-4-1-5-13(14(12)15(17)20)19(11-6-7-11)9-10-3-2-8-18-10/h1,4-5,10-11,18H,2-3,6-9H2,(H2,17,20). The second-order valence-corrected chi connectivity index (χ2v) is 6.53. The van der Waals surface area contributed by atoms with Crippen molar-refractivity contribution < 1.29 is 4.79 Å². The van der Waals surface area contributed by atoms with Crippen molar-refractivity contribution in [2.75, 3.05) is 18.0 Å². The van der Waals surface area contributed by atoms with Crippen molar-refractivity contribution in [3.05, 3.63) is 28.2 Å². The first-order valence-corrected chi connectivity index (χ1v) is 8.04. The molecule has 20 heavy (non-hydrogen) atoms. The largest absolute Gasteiger partial charge is 0.366 e. The highest BCUT2D eigenvalue weighted by atomic mass is 79.9. The van der Waals surface area contributed by atoms with E-state index in [0.29, 0.717) is 17.6 Å². The highest BCUT2D eigenvalue weighted by Crippen LogP contribution is 2.36. The fourth-order valence-electron chi connectivity index (χ4n) is 2.98. The van der Waals surface area contributed by atoms with E-state index in [9.17, 15) is 4.79 Å². The van der Waals surface area contributed by atoms with E-state index in [1.807, 2.05) is 18.2 Å². The monoisotopic (exact) mass is 337 g/mol. The predicted octanol–water partition coefficient (Wildman–Crippen LogP) is 2.27. The molecular formula is C15H20BrN3O. The molecule has 2 aliphatic rings. The molecule has 1 aliphatic carbocycles. The maximum atomic E-state index is 11.8. The zero-order chi connectivity index (χ0) is 14.1. The maximum Gasteiger partial charge on any atom is 0.251 e. The topological polar surface area (TPSA) is 58.4 Å².